The van der Waals surface area contributed by atoms with E-state index in [2.05, 4.69) is 10.2 Å². The van der Waals surface area contributed by atoms with Gasteiger partial charge >= 0.3 is 5.97 Å². The van der Waals surface area contributed by atoms with E-state index in [-0.39, 0.29) is 33.1 Å². The van der Waals surface area contributed by atoms with E-state index in [1.807, 2.05) is 0 Å². The van der Waals surface area contributed by atoms with Crippen molar-refractivity contribution in [2.24, 2.45) is 0 Å². The summed E-state index contributed by atoms with van der Waals surface area (Å²) in [7, 11) is -4.29. The summed E-state index contributed by atoms with van der Waals surface area (Å²) in [5, 5.41) is 9.46. The Morgan fingerprint density at radius 2 is 1.71 bits per heavy atom. The number of nitrogens with zero attached hydrogens (tertiary/aromatic N) is 5. The smallest absolute Gasteiger partial charge is 0.327 e. The van der Waals surface area contributed by atoms with Crippen LogP contribution in [0.5, 0.6) is 0 Å². The Bertz CT molecular complexity index is 1750. The molecule has 1 aliphatic heterocycles. The maximum atomic E-state index is 13.8. The number of fused-ring (bicyclic) bond motifs is 1. The Morgan fingerprint density at radius 1 is 1.02 bits per heavy atom. The molecule has 11 nitrogen and oxygen atoms in total. The molecule has 1 amide bonds. The van der Waals surface area contributed by atoms with Gasteiger partial charge in [-0.25, -0.2) is 8.42 Å². The SMILES string of the molecule is CC(C)(C)OC(=O)CN(c1ccc2c(ccn2-c2ccc(N3CCOCC3=O)nn2)c1)S(=O)(=O)c1cc(Cl)cc(Cl)c1. The Labute approximate surface area is 252 Å². The molecule has 0 atom stereocenters. The van der Waals surface area contributed by atoms with Gasteiger partial charge in [0.1, 0.15) is 18.8 Å². The van der Waals surface area contributed by atoms with E-state index in [4.69, 9.17) is 32.7 Å². The first-order valence-electron chi connectivity index (χ1n) is 12.9. The molecular weight excluding hydrogens is 605 g/mol. The second-order valence-electron chi connectivity index (χ2n) is 10.5. The highest BCUT2D eigenvalue weighted by molar-refractivity contribution is 7.92. The van der Waals surface area contributed by atoms with Crippen LogP contribution in [0.3, 0.4) is 0 Å². The van der Waals surface area contributed by atoms with Crippen LogP contribution in [0.2, 0.25) is 10.0 Å². The summed E-state index contributed by atoms with van der Waals surface area (Å²) in [4.78, 5) is 26.3. The zero-order chi connectivity index (χ0) is 30.2. The highest BCUT2D eigenvalue weighted by Gasteiger charge is 2.30. The van der Waals surface area contributed by atoms with Crippen molar-refractivity contribution in [3.05, 3.63) is 70.8 Å². The lowest BCUT2D eigenvalue weighted by Crippen LogP contribution is -2.42. The van der Waals surface area contributed by atoms with Crippen molar-refractivity contribution in [1.82, 2.24) is 14.8 Å². The Balaban J connectivity index is 1.50. The summed E-state index contributed by atoms with van der Waals surface area (Å²) >= 11 is 12.2. The van der Waals surface area contributed by atoms with E-state index in [0.29, 0.717) is 35.7 Å². The van der Waals surface area contributed by atoms with Crippen molar-refractivity contribution in [2.45, 2.75) is 31.3 Å². The van der Waals surface area contributed by atoms with Crippen molar-refractivity contribution in [3.63, 3.8) is 0 Å². The molecule has 0 bridgehead atoms. The summed E-state index contributed by atoms with van der Waals surface area (Å²) in [5.41, 5.74) is 0.122. The number of halogens is 2. The third-order valence-electron chi connectivity index (χ3n) is 6.22. The van der Waals surface area contributed by atoms with E-state index in [0.717, 1.165) is 4.31 Å². The van der Waals surface area contributed by atoms with Crippen molar-refractivity contribution in [3.8, 4) is 5.82 Å². The molecular formula is C28H27Cl2N5O6S. The molecule has 2 aromatic carbocycles. The summed E-state index contributed by atoms with van der Waals surface area (Å²) in [5.74, 6) is 0.00285. The van der Waals surface area contributed by atoms with Crippen molar-refractivity contribution >= 4 is 67.5 Å². The average Bonchev–Trinajstić information content (AvgIpc) is 3.34. The molecule has 14 heteroatoms. The van der Waals surface area contributed by atoms with Gasteiger partial charge < -0.3 is 9.47 Å². The van der Waals surface area contributed by atoms with Crippen LogP contribution in [0.15, 0.2) is 65.7 Å². The number of aromatic nitrogens is 3. The molecule has 220 valence electrons. The largest absolute Gasteiger partial charge is 0.459 e. The van der Waals surface area contributed by atoms with Gasteiger partial charge in [0.05, 0.1) is 29.3 Å². The second-order valence-corrected chi connectivity index (χ2v) is 13.2. The van der Waals surface area contributed by atoms with E-state index in [1.54, 1.807) is 67.9 Å². The topological polar surface area (TPSA) is 124 Å². The number of morpholine rings is 1. The van der Waals surface area contributed by atoms with Gasteiger partial charge in [0.25, 0.3) is 15.9 Å². The molecule has 0 aliphatic carbocycles. The summed E-state index contributed by atoms with van der Waals surface area (Å²) in [6.07, 6.45) is 1.77. The van der Waals surface area contributed by atoms with Crippen LogP contribution in [0.25, 0.3) is 16.7 Å². The van der Waals surface area contributed by atoms with Crippen LogP contribution < -0.4 is 9.21 Å². The Hall–Kier alpha value is -3.71. The number of carbonyl (C=O) groups excluding carboxylic acids is 2. The number of benzene rings is 2. The molecule has 4 aromatic rings. The van der Waals surface area contributed by atoms with Crippen LogP contribution in [0.4, 0.5) is 11.5 Å². The molecule has 0 radical (unpaired) electrons. The third kappa shape index (κ3) is 6.36. The van der Waals surface area contributed by atoms with Crippen molar-refractivity contribution < 1.29 is 27.5 Å². The van der Waals surface area contributed by atoms with Gasteiger partial charge in [-0.3, -0.25) is 23.4 Å². The standard InChI is InChI=1S/C28H27Cl2N5O6S/c1-28(2,3)41-27(37)16-35(42(38,39)22-14-19(29)13-20(30)15-22)21-4-5-23-18(12-21)8-9-33(23)24-6-7-25(32-31-24)34-10-11-40-17-26(34)36/h4-9,12-15H,10-11,16-17H2,1-3H3. The van der Waals surface area contributed by atoms with Crippen LogP contribution in [-0.2, 0) is 29.1 Å². The van der Waals surface area contributed by atoms with Gasteiger partial charge in [-0.1, -0.05) is 23.2 Å². The zero-order valence-electron chi connectivity index (χ0n) is 23.0. The van der Waals surface area contributed by atoms with E-state index in [9.17, 15) is 18.0 Å². The number of esters is 1. The minimum absolute atomic E-state index is 0.000973. The van der Waals surface area contributed by atoms with Gasteiger partial charge in [0.15, 0.2) is 11.6 Å². The number of ether oxygens (including phenoxy) is 2. The highest BCUT2D eigenvalue weighted by Crippen LogP contribution is 2.31. The Morgan fingerprint density at radius 3 is 2.36 bits per heavy atom. The fourth-order valence-electron chi connectivity index (χ4n) is 4.45. The monoisotopic (exact) mass is 631 g/mol. The average molecular weight is 633 g/mol. The van der Waals surface area contributed by atoms with E-state index >= 15 is 0 Å². The molecule has 0 saturated carbocycles. The maximum absolute atomic E-state index is 13.8. The predicted octanol–water partition coefficient (Wildman–Crippen LogP) is 4.63. The van der Waals surface area contributed by atoms with Gasteiger partial charge in [0, 0.05) is 21.6 Å². The number of amides is 1. The van der Waals surface area contributed by atoms with Gasteiger partial charge in [-0.15, -0.1) is 10.2 Å². The first-order chi connectivity index (χ1) is 19.8. The molecule has 0 N–H and O–H groups in total. The maximum Gasteiger partial charge on any atom is 0.327 e. The highest BCUT2D eigenvalue weighted by atomic mass is 35.5. The van der Waals surface area contributed by atoms with Crippen LogP contribution >= 0.6 is 23.2 Å². The molecule has 42 heavy (non-hydrogen) atoms. The number of hydrogen-bond donors (Lipinski definition) is 0. The Kier molecular flexibility index (Phi) is 8.17. The van der Waals surface area contributed by atoms with Crippen molar-refractivity contribution in [1.29, 1.82) is 0 Å². The first-order valence-corrected chi connectivity index (χ1v) is 15.1. The van der Waals surface area contributed by atoms with Gasteiger partial charge in [-0.2, -0.15) is 0 Å². The summed E-state index contributed by atoms with van der Waals surface area (Å²) in [6, 6.07) is 14.1. The number of hydrogen-bond acceptors (Lipinski definition) is 8. The fraction of sp³-hybridized carbons (Fsp3) is 0.286. The number of rotatable bonds is 7. The predicted molar refractivity (Wildman–Crippen MR) is 159 cm³/mol. The van der Waals surface area contributed by atoms with Crippen LogP contribution in [0, 0.1) is 0 Å². The van der Waals surface area contributed by atoms with E-state index in [1.165, 1.54) is 23.1 Å². The minimum Gasteiger partial charge on any atom is -0.459 e. The molecule has 5 rings (SSSR count). The van der Waals surface area contributed by atoms with Gasteiger partial charge in [-0.05, 0) is 75.4 Å². The van der Waals surface area contributed by atoms with Crippen LogP contribution in [0.1, 0.15) is 20.8 Å². The molecule has 0 spiro atoms. The number of carbonyl (C=O) groups is 2. The molecule has 3 heterocycles. The summed E-state index contributed by atoms with van der Waals surface area (Å²) in [6.45, 7) is 5.33. The molecule has 1 aliphatic rings. The lowest BCUT2D eigenvalue weighted by Gasteiger charge is -2.26. The third-order valence-corrected chi connectivity index (χ3v) is 8.41. The quantitative estimate of drug-likeness (QED) is 0.271. The molecule has 0 unspecified atom stereocenters. The minimum atomic E-state index is -4.29. The van der Waals surface area contributed by atoms with E-state index < -0.39 is 28.1 Å². The van der Waals surface area contributed by atoms with Gasteiger partial charge in [0.2, 0.25) is 0 Å². The first kappa shape index (κ1) is 29.8. The lowest BCUT2D eigenvalue weighted by molar-refractivity contribution is -0.152. The van der Waals surface area contributed by atoms with Crippen LogP contribution in [-0.4, -0.2) is 67.0 Å². The van der Waals surface area contributed by atoms with Crippen molar-refractivity contribution in [2.75, 3.05) is 35.5 Å². The second kappa shape index (κ2) is 11.5. The summed E-state index contributed by atoms with van der Waals surface area (Å²) < 4.78 is 41.0. The molecule has 1 saturated heterocycles. The zero-order valence-corrected chi connectivity index (χ0v) is 25.3. The number of anilines is 2. The number of sulfonamides is 1. The molecule has 1 fully saturated rings. The molecule has 2 aromatic heterocycles. The fourth-order valence-corrected chi connectivity index (χ4v) is 6.57. The normalized spacial score (nSPS) is 14.3. The lowest BCUT2D eigenvalue weighted by atomic mass is 10.2.